The maximum atomic E-state index is 11.8. The summed E-state index contributed by atoms with van der Waals surface area (Å²) in [6.07, 6.45) is 2.87. The summed E-state index contributed by atoms with van der Waals surface area (Å²) in [5.41, 5.74) is 0.767. The fourth-order valence-electron chi connectivity index (χ4n) is 1.67. The van der Waals surface area contributed by atoms with Crippen molar-refractivity contribution in [2.75, 3.05) is 6.61 Å². The Kier molecular flexibility index (Phi) is 4.73. The Labute approximate surface area is 106 Å². The molecule has 0 aliphatic rings. The molecule has 1 heterocycles. The van der Waals surface area contributed by atoms with Crippen molar-refractivity contribution in [2.45, 2.75) is 19.4 Å². The summed E-state index contributed by atoms with van der Waals surface area (Å²) in [5.74, 6) is 0.974. The normalized spacial score (nSPS) is 10.4. The van der Waals surface area contributed by atoms with Gasteiger partial charge in [-0.25, -0.2) is 0 Å². The van der Waals surface area contributed by atoms with Gasteiger partial charge >= 0.3 is 0 Å². The Morgan fingerprint density at radius 1 is 1.11 bits per heavy atom. The van der Waals surface area contributed by atoms with Crippen LogP contribution in [0.15, 0.2) is 53.1 Å². The first-order valence-electron chi connectivity index (χ1n) is 6.04. The molecular weight excluding hydrogens is 228 g/mol. The Hall–Kier alpha value is -1.87. The van der Waals surface area contributed by atoms with E-state index in [1.165, 1.54) is 0 Å². The molecule has 0 aliphatic heterocycles. The maximum Gasteiger partial charge on any atom is 0.162 e. The van der Waals surface area contributed by atoms with Crippen LogP contribution in [0.2, 0.25) is 0 Å². The minimum Gasteiger partial charge on any atom is -0.467 e. The number of carbonyl (C=O) groups is 1. The fraction of sp³-hybridized carbons (Fsp3) is 0.267. The quantitative estimate of drug-likeness (QED) is 0.553. The second kappa shape index (κ2) is 6.77. The Morgan fingerprint density at radius 3 is 2.67 bits per heavy atom. The lowest BCUT2D eigenvalue weighted by atomic mass is 10.1. The van der Waals surface area contributed by atoms with Gasteiger partial charge in [0.1, 0.15) is 12.4 Å². The van der Waals surface area contributed by atoms with Crippen LogP contribution >= 0.6 is 0 Å². The zero-order valence-corrected chi connectivity index (χ0v) is 10.2. The highest BCUT2D eigenvalue weighted by atomic mass is 16.5. The molecule has 0 fully saturated rings. The molecule has 0 spiro atoms. The molecule has 94 valence electrons. The first-order chi connectivity index (χ1) is 8.86. The summed E-state index contributed by atoms with van der Waals surface area (Å²) in [6, 6.07) is 13.0. The van der Waals surface area contributed by atoms with Crippen molar-refractivity contribution in [1.29, 1.82) is 0 Å². The van der Waals surface area contributed by atoms with Crippen molar-refractivity contribution >= 4 is 5.78 Å². The van der Waals surface area contributed by atoms with E-state index in [4.69, 9.17) is 9.15 Å². The van der Waals surface area contributed by atoms with Gasteiger partial charge < -0.3 is 9.15 Å². The molecule has 2 aromatic rings. The highest BCUT2D eigenvalue weighted by molar-refractivity contribution is 5.95. The number of Topliss-reactive ketones (excluding diaryl/α,β-unsaturated/α-hetero) is 1. The molecule has 0 amide bonds. The van der Waals surface area contributed by atoms with Crippen molar-refractivity contribution in [1.82, 2.24) is 0 Å². The molecule has 0 unspecified atom stereocenters. The molecule has 0 saturated carbocycles. The van der Waals surface area contributed by atoms with Gasteiger partial charge in [0, 0.05) is 18.6 Å². The Morgan fingerprint density at radius 2 is 1.94 bits per heavy atom. The van der Waals surface area contributed by atoms with Gasteiger partial charge in [0.25, 0.3) is 0 Å². The van der Waals surface area contributed by atoms with E-state index in [0.29, 0.717) is 19.6 Å². The van der Waals surface area contributed by atoms with Crippen LogP contribution < -0.4 is 0 Å². The molecule has 1 aromatic heterocycles. The van der Waals surface area contributed by atoms with Crippen LogP contribution in [0.5, 0.6) is 0 Å². The summed E-state index contributed by atoms with van der Waals surface area (Å²) in [6.45, 7) is 1.03. The average molecular weight is 244 g/mol. The summed E-state index contributed by atoms with van der Waals surface area (Å²) >= 11 is 0. The SMILES string of the molecule is O=C(CCCOCc1ccco1)c1ccccc1. The number of furan rings is 1. The van der Waals surface area contributed by atoms with E-state index in [1.54, 1.807) is 6.26 Å². The number of ketones is 1. The van der Waals surface area contributed by atoms with Gasteiger partial charge in [-0.2, -0.15) is 0 Å². The van der Waals surface area contributed by atoms with Crippen LogP contribution in [-0.2, 0) is 11.3 Å². The predicted octanol–water partition coefficient (Wildman–Crippen LogP) is 3.46. The number of hydrogen-bond acceptors (Lipinski definition) is 3. The van der Waals surface area contributed by atoms with Gasteiger partial charge in [-0.05, 0) is 18.6 Å². The monoisotopic (exact) mass is 244 g/mol. The lowest BCUT2D eigenvalue weighted by Gasteiger charge is -2.02. The summed E-state index contributed by atoms with van der Waals surface area (Å²) < 4.78 is 10.6. The van der Waals surface area contributed by atoms with Crippen LogP contribution in [0.3, 0.4) is 0 Å². The van der Waals surface area contributed by atoms with Gasteiger partial charge in [0.2, 0.25) is 0 Å². The van der Waals surface area contributed by atoms with Crippen LogP contribution in [-0.4, -0.2) is 12.4 Å². The molecule has 0 N–H and O–H groups in total. The zero-order chi connectivity index (χ0) is 12.6. The number of ether oxygens (including phenoxy) is 1. The van der Waals surface area contributed by atoms with Crippen molar-refractivity contribution in [3.05, 3.63) is 60.1 Å². The summed E-state index contributed by atoms with van der Waals surface area (Å²) in [7, 11) is 0. The van der Waals surface area contributed by atoms with Gasteiger partial charge in [-0.15, -0.1) is 0 Å². The second-order valence-electron chi connectivity index (χ2n) is 4.02. The van der Waals surface area contributed by atoms with E-state index in [9.17, 15) is 4.79 Å². The molecule has 3 nitrogen and oxygen atoms in total. The summed E-state index contributed by atoms with van der Waals surface area (Å²) in [5, 5.41) is 0. The molecule has 3 heteroatoms. The fourth-order valence-corrected chi connectivity index (χ4v) is 1.67. The van der Waals surface area contributed by atoms with Crippen molar-refractivity contribution in [3.63, 3.8) is 0 Å². The van der Waals surface area contributed by atoms with Gasteiger partial charge in [0.05, 0.1) is 6.26 Å². The van der Waals surface area contributed by atoms with Gasteiger partial charge in [-0.1, -0.05) is 30.3 Å². The van der Waals surface area contributed by atoms with E-state index >= 15 is 0 Å². The van der Waals surface area contributed by atoms with E-state index in [1.807, 2.05) is 42.5 Å². The Bertz CT molecular complexity index is 460. The highest BCUT2D eigenvalue weighted by Gasteiger charge is 2.04. The first-order valence-corrected chi connectivity index (χ1v) is 6.04. The molecule has 0 aliphatic carbocycles. The van der Waals surface area contributed by atoms with Crippen LogP contribution in [0.1, 0.15) is 29.0 Å². The highest BCUT2D eigenvalue weighted by Crippen LogP contribution is 2.06. The molecule has 0 bridgehead atoms. The van der Waals surface area contributed by atoms with Gasteiger partial charge in [-0.3, -0.25) is 4.79 Å². The van der Waals surface area contributed by atoms with Gasteiger partial charge in [0.15, 0.2) is 5.78 Å². The third kappa shape index (κ3) is 3.86. The van der Waals surface area contributed by atoms with Crippen LogP contribution in [0.4, 0.5) is 0 Å². The topological polar surface area (TPSA) is 39.4 Å². The van der Waals surface area contributed by atoms with E-state index in [-0.39, 0.29) is 5.78 Å². The lowest BCUT2D eigenvalue weighted by molar-refractivity contribution is 0.0885. The number of rotatable bonds is 7. The van der Waals surface area contributed by atoms with Crippen molar-refractivity contribution in [3.8, 4) is 0 Å². The molecule has 0 saturated heterocycles. The first kappa shape index (κ1) is 12.6. The van der Waals surface area contributed by atoms with Crippen LogP contribution in [0.25, 0.3) is 0 Å². The second-order valence-corrected chi connectivity index (χ2v) is 4.02. The molecule has 18 heavy (non-hydrogen) atoms. The lowest BCUT2D eigenvalue weighted by Crippen LogP contribution is -2.02. The zero-order valence-electron chi connectivity index (χ0n) is 10.2. The molecule has 1 aromatic carbocycles. The minimum atomic E-state index is 0.164. The molecule has 0 atom stereocenters. The van der Waals surface area contributed by atoms with Crippen molar-refractivity contribution in [2.24, 2.45) is 0 Å². The average Bonchev–Trinajstić information content (AvgIpc) is 2.92. The van der Waals surface area contributed by atoms with Crippen LogP contribution in [0, 0.1) is 0 Å². The smallest absolute Gasteiger partial charge is 0.162 e. The maximum absolute atomic E-state index is 11.8. The Balaban J connectivity index is 1.62. The van der Waals surface area contributed by atoms with E-state index in [0.717, 1.165) is 17.7 Å². The third-order valence-corrected chi connectivity index (χ3v) is 2.61. The minimum absolute atomic E-state index is 0.164. The van der Waals surface area contributed by atoms with Crippen molar-refractivity contribution < 1.29 is 13.9 Å². The van der Waals surface area contributed by atoms with E-state index in [2.05, 4.69) is 0 Å². The van der Waals surface area contributed by atoms with E-state index < -0.39 is 0 Å². The number of carbonyl (C=O) groups excluding carboxylic acids is 1. The standard InChI is InChI=1S/C15H16O3/c16-15(13-6-2-1-3-7-13)9-5-10-17-12-14-8-4-11-18-14/h1-4,6-8,11H,5,9-10,12H2. The number of benzene rings is 1. The molecular formula is C15H16O3. The molecule has 2 rings (SSSR count). The number of hydrogen-bond donors (Lipinski definition) is 0. The largest absolute Gasteiger partial charge is 0.467 e. The third-order valence-electron chi connectivity index (χ3n) is 2.61. The predicted molar refractivity (Wildman–Crippen MR) is 68.4 cm³/mol. The molecule has 0 radical (unpaired) electrons. The summed E-state index contributed by atoms with van der Waals surface area (Å²) in [4.78, 5) is 11.8.